The third-order valence-corrected chi connectivity index (χ3v) is 4.14. The Morgan fingerprint density at radius 3 is 2.71 bits per heavy atom. The maximum atomic E-state index is 14.1. The van der Waals surface area contributed by atoms with Crippen LogP contribution in [0.4, 0.5) is 4.39 Å². The molecular weight excluding hydrogens is 273 g/mol. The van der Waals surface area contributed by atoms with Crippen LogP contribution in [0.25, 0.3) is 0 Å². The molecule has 2 heterocycles. The van der Waals surface area contributed by atoms with Gasteiger partial charge in [0.2, 0.25) is 0 Å². The standard InChI is InChI=1S/C16H20FNO3/c1-2-21-13-3-4-14(15(17)7-13)16(19)10-5-11-8-20-9-12(6-10)18-11/h3-4,7,10-12,18H,2,5-6,8-9H2,1H3. The molecule has 2 saturated heterocycles. The lowest BCUT2D eigenvalue weighted by molar-refractivity contribution is 0.00945. The van der Waals surface area contributed by atoms with E-state index in [0.29, 0.717) is 38.4 Å². The molecule has 21 heavy (non-hydrogen) atoms. The van der Waals surface area contributed by atoms with Crippen LogP contribution in [0.2, 0.25) is 0 Å². The quantitative estimate of drug-likeness (QED) is 0.864. The van der Waals surface area contributed by atoms with Gasteiger partial charge in [0, 0.05) is 24.1 Å². The zero-order valence-electron chi connectivity index (χ0n) is 12.1. The number of hydrogen-bond donors (Lipinski definition) is 1. The number of ketones is 1. The summed E-state index contributed by atoms with van der Waals surface area (Å²) >= 11 is 0. The molecule has 2 bridgehead atoms. The van der Waals surface area contributed by atoms with Crippen LogP contribution in [0.5, 0.6) is 5.75 Å². The number of Topliss-reactive ketones (excluding diaryl/α,β-unsaturated/α-hetero) is 1. The highest BCUT2D eigenvalue weighted by Gasteiger charge is 2.36. The number of fused-ring (bicyclic) bond motifs is 2. The minimum Gasteiger partial charge on any atom is -0.494 e. The minimum absolute atomic E-state index is 0.103. The fourth-order valence-corrected chi connectivity index (χ4v) is 3.22. The Hall–Kier alpha value is -1.46. The predicted octanol–water partition coefficient (Wildman–Crippen LogP) is 2.17. The molecule has 5 heteroatoms. The number of rotatable bonds is 4. The number of ether oxygens (including phenoxy) is 2. The SMILES string of the molecule is CCOc1ccc(C(=O)C2CC3COCC(C2)N3)c(F)c1. The predicted molar refractivity (Wildman–Crippen MR) is 76.2 cm³/mol. The number of carbonyl (C=O) groups excluding carboxylic acids is 1. The van der Waals surface area contributed by atoms with Crippen molar-refractivity contribution in [2.75, 3.05) is 19.8 Å². The summed E-state index contributed by atoms with van der Waals surface area (Å²) in [5.41, 5.74) is 0.171. The molecule has 1 aromatic rings. The van der Waals surface area contributed by atoms with E-state index in [-0.39, 0.29) is 29.3 Å². The topological polar surface area (TPSA) is 47.6 Å². The maximum absolute atomic E-state index is 14.1. The number of piperidine rings is 1. The van der Waals surface area contributed by atoms with E-state index in [2.05, 4.69) is 5.32 Å². The molecule has 1 aromatic carbocycles. The Bertz CT molecular complexity index is 522. The molecular formula is C16H20FNO3. The molecule has 4 nitrogen and oxygen atoms in total. The molecule has 2 unspecified atom stereocenters. The van der Waals surface area contributed by atoms with Crippen molar-refractivity contribution in [2.45, 2.75) is 31.8 Å². The summed E-state index contributed by atoms with van der Waals surface area (Å²) in [6.45, 7) is 3.58. The number of benzene rings is 1. The molecule has 2 aliphatic rings. The molecule has 1 N–H and O–H groups in total. The molecule has 2 fully saturated rings. The van der Waals surface area contributed by atoms with Crippen LogP contribution in [0.1, 0.15) is 30.1 Å². The summed E-state index contributed by atoms with van der Waals surface area (Å²) in [7, 11) is 0. The van der Waals surface area contributed by atoms with Crippen molar-refractivity contribution in [1.29, 1.82) is 0 Å². The fraction of sp³-hybridized carbons (Fsp3) is 0.562. The lowest BCUT2D eigenvalue weighted by Crippen LogP contribution is -2.55. The van der Waals surface area contributed by atoms with Gasteiger partial charge in [0.05, 0.1) is 25.4 Å². The van der Waals surface area contributed by atoms with Crippen LogP contribution in [0.3, 0.4) is 0 Å². The number of hydrogen-bond acceptors (Lipinski definition) is 4. The van der Waals surface area contributed by atoms with E-state index in [1.165, 1.54) is 12.1 Å². The van der Waals surface area contributed by atoms with E-state index in [1.54, 1.807) is 6.07 Å². The van der Waals surface area contributed by atoms with Crippen LogP contribution < -0.4 is 10.1 Å². The molecule has 2 atom stereocenters. The average Bonchev–Trinajstić information content (AvgIpc) is 2.46. The Labute approximate surface area is 123 Å². The van der Waals surface area contributed by atoms with Gasteiger partial charge < -0.3 is 14.8 Å². The van der Waals surface area contributed by atoms with Gasteiger partial charge in [-0.3, -0.25) is 4.79 Å². The first kappa shape index (κ1) is 14.5. The first-order valence-electron chi connectivity index (χ1n) is 7.47. The van der Waals surface area contributed by atoms with Crippen molar-refractivity contribution in [3.05, 3.63) is 29.6 Å². The van der Waals surface area contributed by atoms with E-state index >= 15 is 0 Å². The van der Waals surface area contributed by atoms with E-state index in [9.17, 15) is 9.18 Å². The van der Waals surface area contributed by atoms with E-state index in [4.69, 9.17) is 9.47 Å². The van der Waals surface area contributed by atoms with Gasteiger partial charge in [-0.15, -0.1) is 0 Å². The summed E-state index contributed by atoms with van der Waals surface area (Å²) in [4.78, 5) is 12.6. The first-order valence-corrected chi connectivity index (χ1v) is 7.47. The second-order valence-corrected chi connectivity index (χ2v) is 5.71. The van der Waals surface area contributed by atoms with E-state index in [0.717, 1.165) is 0 Å². The smallest absolute Gasteiger partial charge is 0.169 e. The van der Waals surface area contributed by atoms with Gasteiger partial charge in [-0.1, -0.05) is 0 Å². The van der Waals surface area contributed by atoms with Crippen molar-refractivity contribution in [3.63, 3.8) is 0 Å². The summed E-state index contributed by atoms with van der Waals surface area (Å²) in [6, 6.07) is 4.90. The van der Waals surface area contributed by atoms with Gasteiger partial charge in [-0.25, -0.2) is 4.39 Å². The average molecular weight is 293 g/mol. The van der Waals surface area contributed by atoms with Crippen LogP contribution in [0.15, 0.2) is 18.2 Å². The lowest BCUT2D eigenvalue weighted by Gasteiger charge is -2.39. The zero-order valence-corrected chi connectivity index (χ0v) is 12.1. The molecule has 0 saturated carbocycles. The Morgan fingerprint density at radius 1 is 1.38 bits per heavy atom. The highest BCUT2D eigenvalue weighted by molar-refractivity contribution is 5.98. The fourth-order valence-electron chi connectivity index (χ4n) is 3.22. The second-order valence-electron chi connectivity index (χ2n) is 5.71. The number of morpholine rings is 1. The van der Waals surface area contributed by atoms with Crippen molar-refractivity contribution in [1.82, 2.24) is 5.32 Å². The summed E-state index contributed by atoms with van der Waals surface area (Å²) < 4.78 is 24.8. The molecule has 2 aliphatic heterocycles. The molecule has 0 spiro atoms. The Morgan fingerprint density at radius 2 is 2.10 bits per heavy atom. The number of halogens is 1. The number of nitrogens with one attached hydrogen (secondary N) is 1. The highest BCUT2D eigenvalue weighted by atomic mass is 19.1. The summed E-state index contributed by atoms with van der Waals surface area (Å²) in [5.74, 6) is -0.264. The van der Waals surface area contributed by atoms with Crippen LogP contribution in [-0.2, 0) is 4.74 Å². The van der Waals surface area contributed by atoms with Gasteiger partial charge in [-0.05, 0) is 31.9 Å². The molecule has 114 valence electrons. The van der Waals surface area contributed by atoms with Crippen molar-refractivity contribution in [3.8, 4) is 5.75 Å². The maximum Gasteiger partial charge on any atom is 0.169 e. The van der Waals surface area contributed by atoms with Crippen LogP contribution in [-0.4, -0.2) is 37.7 Å². The normalized spacial score (nSPS) is 28.2. The van der Waals surface area contributed by atoms with Crippen molar-refractivity contribution in [2.24, 2.45) is 5.92 Å². The largest absolute Gasteiger partial charge is 0.494 e. The molecule has 0 amide bonds. The Kier molecular flexibility index (Phi) is 4.22. The van der Waals surface area contributed by atoms with Crippen molar-refractivity contribution < 1.29 is 18.7 Å². The van der Waals surface area contributed by atoms with Gasteiger partial charge >= 0.3 is 0 Å². The van der Waals surface area contributed by atoms with E-state index < -0.39 is 5.82 Å². The van der Waals surface area contributed by atoms with Gasteiger partial charge in [-0.2, -0.15) is 0 Å². The van der Waals surface area contributed by atoms with Gasteiger partial charge in [0.1, 0.15) is 11.6 Å². The van der Waals surface area contributed by atoms with Crippen molar-refractivity contribution >= 4 is 5.78 Å². The summed E-state index contributed by atoms with van der Waals surface area (Å²) in [5, 5.41) is 3.44. The van der Waals surface area contributed by atoms with Crippen LogP contribution >= 0.6 is 0 Å². The van der Waals surface area contributed by atoms with E-state index in [1.807, 2.05) is 6.92 Å². The number of carbonyl (C=O) groups is 1. The van der Waals surface area contributed by atoms with Gasteiger partial charge in [0.25, 0.3) is 0 Å². The van der Waals surface area contributed by atoms with Gasteiger partial charge in [0.15, 0.2) is 5.78 Å². The lowest BCUT2D eigenvalue weighted by atomic mass is 9.82. The highest BCUT2D eigenvalue weighted by Crippen LogP contribution is 2.28. The molecule has 0 aliphatic carbocycles. The molecule has 0 aromatic heterocycles. The Balaban J connectivity index is 1.75. The second kappa shape index (κ2) is 6.12. The molecule has 0 radical (unpaired) electrons. The third kappa shape index (κ3) is 3.09. The minimum atomic E-state index is -0.495. The monoisotopic (exact) mass is 293 g/mol. The molecule has 3 rings (SSSR count). The first-order chi connectivity index (χ1) is 10.2. The zero-order chi connectivity index (χ0) is 14.8. The summed E-state index contributed by atoms with van der Waals surface area (Å²) in [6.07, 6.45) is 1.42. The third-order valence-electron chi connectivity index (χ3n) is 4.14. The van der Waals surface area contributed by atoms with Crippen LogP contribution in [0, 0.1) is 11.7 Å².